The second-order valence-corrected chi connectivity index (χ2v) is 3.97. The Balaban J connectivity index is 2.09. The van der Waals surface area contributed by atoms with Crippen molar-refractivity contribution in [2.45, 2.75) is 0 Å². The molecule has 1 aromatic heterocycles. The predicted molar refractivity (Wildman–Crippen MR) is 73.1 cm³/mol. The highest BCUT2D eigenvalue weighted by Crippen LogP contribution is 2.22. The molecule has 0 saturated carbocycles. The van der Waals surface area contributed by atoms with Gasteiger partial charge in [-0.15, -0.1) is 0 Å². The third-order valence-corrected chi connectivity index (χ3v) is 2.58. The molecule has 6 nitrogen and oxygen atoms in total. The summed E-state index contributed by atoms with van der Waals surface area (Å²) in [6.07, 6.45) is 0. The van der Waals surface area contributed by atoms with Gasteiger partial charge in [0.05, 0.1) is 19.3 Å². The highest BCUT2D eigenvalue weighted by Gasteiger charge is 2.06. The van der Waals surface area contributed by atoms with Gasteiger partial charge in [0.25, 0.3) is 0 Å². The lowest BCUT2D eigenvalue weighted by Gasteiger charge is -2.00. The van der Waals surface area contributed by atoms with E-state index < -0.39 is 0 Å². The molecule has 1 amide bonds. The number of carbonyl (C=O) groups excluding carboxylic acids is 1. The molecule has 0 radical (unpaired) electrons. The zero-order chi connectivity index (χ0) is 13.7. The molecule has 100 valence electrons. The second-order valence-electron chi connectivity index (χ2n) is 3.97. The third-order valence-electron chi connectivity index (χ3n) is 2.58. The van der Waals surface area contributed by atoms with E-state index in [0.29, 0.717) is 5.82 Å². The number of likely N-dealkylation sites (N-methyl/N-ethyl adjacent to an activating group) is 1. The zero-order valence-electron chi connectivity index (χ0n) is 10.9. The predicted octanol–water partition coefficient (Wildman–Crippen LogP) is 1.24. The molecule has 1 heterocycles. The van der Waals surface area contributed by atoms with Gasteiger partial charge in [0.1, 0.15) is 5.75 Å². The van der Waals surface area contributed by atoms with Crippen molar-refractivity contribution in [3.05, 3.63) is 30.3 Å². The molecule has 0 aliphatic rings. The summed E-state index contributed by atoms with van der Waals surface area (Å²) in [6, 6.07) is 9.37. The molecule has 0 unspecified atom stereocenters. The Bertz CT molecular complexity index is 548. The van der Waals surface area contributed by atoms with Gasteiger partial charge in [-0.1, -0.05) is 0 Å². The molecule has 0 fully saturated rings. The second kappa shape index (κ2) is 6.01. The molecule has 0 spiro atoms. The van der Waals surface area contributed by atoms with Crippen LogP contribution in [0.15, 0.2) is 30.3 Å². The number of anilines is 1. The quantitative estimate of drug-likeness (QED) is 0.755. The highest BCUT2D eigenvalue weighted by atomic mass is 16.5. The molecule has 3 N–H and O–H groups in total. The molecule has 2 rings (SSSR count). The smallest absolute Gasteiger partial charge is 0.239 e. The summed E-state index contributed by atoms with van der Waals surface area (Å²) in [6.45, 7) is 0.255. The van der Waals surface area contributed by atoms with E-state index >= 15 is 0 Å². The first-order valence-electron chi connectivity index (χ1n) is 5.87. The van der Waals surface area contributed by atoms with E-state index in [1.54, 1.807) is 20.2 Å². The van der Waals surface area contributed by atoms with E-state index in [-0.39, 0.29) is 12.5 Å². The Labute approximate surface area is 111 Å². The first kappa shape index (κ1) is 13.1. The SMILES string of the molecule is CNCC(=O)Nc1cc(-c2ccc(OC)cc2)[nH]n1. The Morgan fingerprint density at radius 2 is 2.11 bits per heavy atom. The maximum absolute atomic E-state index is 11.4. The number of aromatic nitrogens is 2. The minimum absolute atomic E-state index is 0.129. The first-order chi connectivity index (χ1) is 9.22. The van der Waals surface area contributed by atoms with Crippen LogP contribution in [0.2, 0.25) is 0 Å². The van der Waals surface area contributed by atoms with Gasteiger partial charge in [-0.3, -0.25) is 9.89 Å². The van der Waals surface area contributed by atoms with Crippen molar-refractivity contribution in [1.82, 2.24) is 15.5 Å². The monoisotopic (exact) mass is 260 g/mol. The summed E-state index contributed by atoms with van der Waals surface area (Å²) >= 11 is 0. The van der Waals surface area contributed by atoms with Gasteiger partial charge in [0.2, 0.25) is 5.91 Å². The van der Waals surface area contributed by atoms with Crippen molar-refractivity contribution in [3.8, 4) is 17.0 Å². The summed E-state index contributed by atoms with van der Waals surface area (Å²) in [5, 5.41) is 12.4. The van der Waals surface area contributed by atoms with Gasteiger partial charge in [0.15, 0.2) is 5.82 Å². The van der Waals surface area contributed by atoms with Crippen molar-refractivity contribution in [2.75, 3.05) is 26.0 Å². The maximum atomic E-state index is 11.4. The Kier molecular flexibility index (Phi) is 4.15. The van der Waals surface area contributed by atoms with E-state index in [2.05, 4.69) is 20.8 Å². The number of H-pyrrole nitrogens is 1. The Hall–Kier alpha value is -2.34. The van der Waals surface area contributed by atoms with Crippen LogP contribution in [0.25, 0.3) is 11.3 Å². The van der Waals surface area contributed by atoms with E-state index in [1.807, 2.05) is 24.3 Å². The Morgan fingerprint density at radius 3 is 2.74 bits per heavy atom. The number of nitrogens with one attached hydrogen (secondary N) is 3. The number of hydrogen-bond donors (Lipinski definition) is 3. The lowest BCUT2D eigenvalue weighted by atomic mass is 10.1. The van der Waals surface area contributed by atoms with Crippen LogP contribution in [0.5, 0.6) is 5.75 Å². The van der Waals surface area contributed by atoms with E-state index in [0.717, 1.165) is 17.0 Å². The fourth-order valence-electron chi connectivity index (χ4n) is 1.65. The van der Waals surface area contributed by atoms with Gasteiger partial charge in [-0.25, -0.2) is 0 Å². The largest absolute Gasteiger partial charge is 0.497 e. The topological polar surface area (TPSA) is 79.0 Å². The zero-order valence-corrected chi connectivity index (χ0v) is 10.9. The summed E-state index contributed by atoms with van der Waals surface area (Å²) in [5.74, 6) is 1.17. The summed E-state index contributed by atoms with van der Waals surface area (Å²) < 4.78 is 5.10. The lowest BCUT2D eigenvalue weighted by molar-refractivity contribution is -0.115. The normalized spacial score (nSPS) is 10.2. The van der Waals surface area contributed by atoms with Gasteiger partial charge in [-0.2, -0.15) is 5.10 Å². The lowest BCUT2D eigenvalue weighted by Crippen LogP contribution is -2.25. The molecule has 2 aromatic rings. The van der Waals surface area contributed by atoms with Crippen molar-refractivity contribution in [1.29, 1.82) is 0 Å². The van der Waals surface area contributed by atoms with Crippen molar-refractivity contribution in [3.63, 3.8) is 0 Å². The van der Waals surface area contributed by atoms with Crippen LogP contribution >= 0.6 is 0 Å². The molecular formula is C13H16N4O2. The van der Waals surface area contributed by atoms with E-state index in [1.165, 1.54) is 0 Å². The minimum atomic E-state index is -0.129. The van der Waals surface area contributed by atoms with Crippen molar-refractivity contribution in [2.24, 2.45) is 0 Å². The number of methoxy groups -OCH3 is 1. The van der Waals surface area contributed by atoms with Crippen LogP contribution in [0.4, 0.5) is 5.82 Å². The molecule has 0 aliphatic heterocycles. The van der Waals surface area contributed by atoms with E-state index in [9.17, 15) is 4.79 Å². The van der Waals surface area contributed by atoms with Crippen molar-refractivity contribution >= 4 is 11.7 Å². The number of benzene rings is 1. The van der Waals surface area contributed by atoms with Crippen LogP contribution in [0.3, 0.4) is 0 Å². The third kappa shape index (κ3) is 3.32. The van der Waals surface area contributed by atoms with Crippen molar-refractivity contribution < 1.29 is 9.53 Å². The maximum Gasteiger partial charge on any atom is 0.239 e. The highest BCUT2D eigenvalue weighted by molar-refractivity contribution is 5.91. The number of ether oxygens (including phenoxy) is 1. The average Bonchev–Trinajstić information content (AvgIpc) is 2.87. The summed E-state index contributed by atoms with van der Waals surface area (Å²) in [5.41, 5.74) is 1.81. The molecule has 0 bridgehead atoms. The number of aromatic amines is 1. The van der Waals surface area contributed by atoms with Crippen LogP contribution in [0, 0.1) is 0 Å². The molecule has 0 aliphatic carbocycles. The van der Waals surface area contributed by atoms with Crippen LogP contribution in [0.1, 0.15) is 0 Å². The minimum Gasteiger partial charge on any atom is -0.497 e. The molecule has 0 saturated heterocycles. The fraction of sp³-hybridized carbons (Fsp3) is 0.231. The number of amides is 1. The molecule has 1 aromatic carbocycles. The van der Waals surface area contributed by atoms with Crippen LogP contribution < -0.4 is 15.4 Å². The van der Waals surface area contributed by atoms with Gasteiger partial charge >= 0.3 is 0 Å². The van der Waals surface area contributed by atoms with Crippen LogP contribution in [-0.2, 0) is 4.79 Å². The summed E-state index contributed by atoms with van der Waals surface area (Å²) in [7, 11) is 3.34. The number of nitrogens with zero attached hydrogens (tertiary/aromatic N) is 1. The van der Waals surface area contributed by atoms with E-state index in [4.69, 9.17) is 4.74 Å². The van der Waals surface area contributed by atoms with Gasteiger partial charge in [-0.05, 0) is 36.9 Å². The molecular weight excluding hydrogens is 244 g/mol. The van der Waals surface area contributed by atoms with Gasteiger partial charge in [0, 0.05) is 6.07 Å². The van der Waals surface area contributed by atoms with Gasteiger partial charge < -0.3 is 15.4 Å². The first-order valence-corrected chi connectivity index (χ1v) is 5.87. The molecule has 0 atom stereocenters. The summed E-state index contributed by atoms with van der Waals surface area (Å²) in [4.78, 5) is 11.4. The number of hydrogen-bond acceptors (Lipinski definition) is 4. The Morgan fingerprint density at radius 1 is 1.37 bits per heavy atom. The molecule has 19 heavy (non-hydrogen) atoms. The number of carbonyl (C=O) groups is 1. The molecule has 6 heteroatoms. The number of rotatable bonds is 5. The average molecular weight is 260 g/mol. The van der Waals surface area contributed by atoms with Crippen LogP contribution in [-0.4, -0.2) is 36.8 Å². The fourth-order valence-corrected chi connectivity index (χ4v) is 1.65. The standard InChI is InChI=1S/C13H16N4O2/c1-14-8-13(18)15-12-7-11(16-17-12)9-3-5-10(19-2)6-4-9/h3-7,14H,8H2,1-2H3,(H2,15,16,17,18).